The molecule has 0 spiro atoms. The number of hydrogen-bond acceptors (Lipinski definition) is 2. The van der Waals surface area contributed by atoms with Crippen LogP contribution in [0.25, 0.3) is 16.6 Å². The van der Waals surface area contributed by atoms with Gasteiger partial charge in [0.1, 0.15) is 0 Å². The lowest BCUT2D eigenvalue weighted by atomic mass is 10.0. The van der Waals surface area contributed by atoms with Crippen LogP contribution in [0.2, 0.25) is 0 Å². The highest BCUT2D eigenvalue weighted by atomic mass is 15.2. The van der Waals surface area contributed by atoms with E-state index in [1.54, 1.807) is 0 Å². The van der Waals surface area contributed by atoms with E-state index in [4.69, 9.17) is 0 Å². The number of aromatic nitrogens is 4. The molecule has 0 fully saturated rings. The molecule has 3 heterocycles. The molecule has 4 nitrogen and oxygen atoms in total. The van der Waals surface area contributed by atoms with Gasteiger partial charge in [0.15, 0.2) is 0 Å². The number of pyridine rings is 1. The summed E-state index contributed by atoms with van der Waals surface area (Å²) in [4.78, 5) is 0. The van der Waals surface area contributed by atoms with Crippen molar-refractivity contribution in [1.82, 2.24) is 19.4 Å². The summed E-state index contributed by atoms with van der Waals surface area (Å²) in [5.41, 5.74) is 4.57. The zero-order valence-electron chi connectivity index (χ0n) is 10.8. The summed E-state index contributed by atoms with van der Waals surface area (Å²) in [6, 6.07) is 6.14. The van der Waals surface area contributed by atoms with Crippen LogP contribution >= 0.6 is 0 Å². The predicted molar refractivity (Wildman–Crippen MR) is 71.5 cm³/mol. The van der Waals surface area contributed by atoms with Crippen molar-refractivity contribution in [3.05, 3.63) is 42.5 Å². The smallest absolute Gasteiger partial charge is 0.0744 e. The second-order valence-electron chi connectivity index (χ2n) is 4.85. The lowest BCUT2D eigenvalue weighted by molar-refractivity contribution is 0.768. The highest BCUT2D eigenvalue weighted by molar-refractivity contribution is 5.82. The van der Waals surface area contributed by atoms with E-state index < -0.39 is 0 Å². The van der Waals surface area contributed by atoms with Crippen molar-refractivity contribution in [2.45, 2.75) is 19.8 Å². The lowest BCUT2D eigenvalue weighted by Crippen LogP contribution is -1.91. The maximum Gasteiger partial charge on any atom is 0.0744 e. The summed E-state index contributed by atoms with van der Waals surface area (Å²) in [5, 5.41) is 8.94. The molecule has 3 rings (SSSR count). The topological polar surface area (TPSA) is 35.1 Å². The van der Waals surface area contributed by atoms with Crippen molar-refractivity contribution in [3.8, 4) is 11.1 Å². The Morgan fingerprint density at radius 3 is 2.72 bits per heavy atom. The van der Waals surface area contributed by atoms with Gasteiger partial charge in [0.05, 0.1) is 17.4 Å². The van der Waals surface area contributed by atoms with Crippen LogP contribution < -0.4 is 0 Å². The monoisotopic (exact) mass is 240 g/mol. The Hall–Kier alpha value is -2.10. The van der Waals surface area contributed by atoms with E-state index in [0.29, 0.717) is 5.92 Å². The van der Waals surface area contributed by atoms with Crippen molar-refractivity contribution < 1.29 is 0 Å². The maximum absolute atomic E-state index is 4.68. The van der Waals surface area contributed by atoms with Crippen LogP contribution in [0.3, 0.4) is 0 Å². The first-order valence-corrected chi connectivity index (χ1v) is 6.13. The summed E-state index contributed by atoms with van der Waals surface area (Å²) in [7, 11) is 1.93. The molecule has 3 aromatic heterocycles. The Morgan fingerprint density at radius 1 is 1.22 bits per heavy atom. The zero-order valence-corrected chi connectivity index (χ0v) is 10.8. The summed E-state index contributed by atoms with van der Waals surface area (Å²) in [5.74, 6) is 0.389. The second-order valence-corrected chi connectivity index (χ2v) is 4.85. The molecular weight excluding hydrogens is 224 g/mol. The standard InChI is InChI=1S/C14H16N4/c1-10(2)14-13(11-8-15-17(3)9-11)12-6-4-5-7-18(12)16-14/h4-10H,1-3H3. The van der Waals surface area contributed by atoms with Gasteiger partial charge >= 0.3 is 0 Å². The number of rotatable bonds is 2. The highest BCUT2D eigenvalue weighted by Gasteiger charge is 2.17. The summed E-state index contributed by atoms with van der Waals surface area (Å²) >= 11 is 0. The summed E-state index contributed by atoms with van der Waals surface area (Å²) in [6.07, 6.45) is 5.92. The van der Waals surface area contributed by atoms with E-state index in [9.17, 15) is 0 Å². The lowest BCUT2D eigenvalue weighted by Gasteiger charge is -2.03. The van der Waals surface area contributed by atoms with Gasteiger partial charge < -0.3 is 0 Å². The quantitative estimate of drug-likeness (QED) is 0.690. The van der Waals surface area contributed by atoms with Gasteiger partial charge in [0.2, 0.25) is 0 Å². The third-order valence-electron chi connectivity index (χ3n) is 3.11. The van der Waals surface area contributed by atoms with E-state index in [2.05, 4.69) is 30.1 Å². The van der Waals surface area contributed by atoms with E-state index >= 15 is 0 Å². The Morgan fingerprint density at radius 2 is 2.06 bits per heavy atom. The van der Waals surface area contributed by atoms with Gasteiger partial charge in [-0.1, -0.05) is 19.9 Å². The minimum atomic E-state index is 0.389. The highest BCUT2D eigenvalue weighted by Crippen LogP contribution is 2.32. The van der Waals surface area contributed by atoms with Gasteiger partial charge in [-0.15, -0.1) is 0 Å². The molecule has 0 saturated carbocycles. The average Bonchev–Trinajstić information content (AvgIpc) is 2.92. The fraction of sp³-hybridized carbons (Fsp3) is 0.286. The molecule has 0 aromatic carbocycles. The fourth-order valence-corrected chi connectivity index (χ4v) is 2.27. The summed E-state index contributed by atoms with van der Waals surface area (Å²) in [6.45, 7) is 4.34. The van der Waals surface area contributed by atoms with E-state index in [0.717, 1.165) is 16.8 Å². The van der Waals surface area contributed by atoms with Gasteiger partial charge in [-0.2, -0.15) is 10.2 Å². The van der Waals surface area contributed by atoms with E-state index in [1.807, 2.05) is 47.0 Å². The van der Waals surface area contributed by atoms with Gasteiger partial charge in [-0.25, -0.2) is 4.52 Å². The second kappa shape index (κ2) is 3.98. The van der Waals surface area contributed by atoms with Crippen molar-refractivity contribution in [2.24, 2.45) is 7.05 Å². The number of aryl methyl sites for hydroxylation is 1. The van der Waals surface area contributed by atoms with Gasteiger partial charge in [0, 0.05) is 30.6 Å². The molecule has 0 bridgehead atoms. The minimum absolute atomic E-state index is 0.389. The Kier molecular flexibility index (Phi) is 2.44. The molecule has 0 aliphatic carbocycles. The SMILES string of the molecule is CC(C)c1nn2ccccc2c1-c1cnn(C)c1. The normalized spacial score (nSPS) is 11.6. The molecule has 0 aliphatic heterocycles. The molecule has 0 N–H and O–H groups in total. The number of nitrogens with zero attached hydrogens (tertiary/aromatic N) is 4. The van der Waals surface area contributed by atoms with Crippen molar-refractivity contribution in [3.63, 3.8) is 0 Å². The van der Waals surface area contributed by atoms with Crippen LogP contribution in [0.4, 0.5) is 0 Å². The first kappa shape index (κ1) is 11.0. The van der Waals surface area contributed by atoms with Crippen LogP contribution in [0.15, 0.2) is 36.8 Å². The predicted octanol–water partition coefficient (Wildman–Crippen LogP) is 2.86. The number of fused-ring (bicyclic) bond motifs is 1. The third-order valence-corrected chi connectivity index (χ3v) is 3.11. The zero-order chi connectivity index (χ0) is 12.7. The van der Waals surface area contributed by atoms with Gasteiger partial charge in [0.25, 0.3) is 0 Å². The molecule has 0 aliphatic rings. The van der Waals surface area contributed by atoms with Crippen molar-refractivity contribution >= 4 is 5.52 Å². The molecule has 92 valence electrons. The van der Waals surface area contributed by atoms with Crippen molar-refractivity contribution in [1.29, 1.82) is 0 Å². The largest absolute Gasteiger partial charge is 0.275 e. The molecule has 0 amide bonds. The van der Waals surface area contributed by atoms with E-state index in [1.165, 1.54) is 5.56 Å². The number of hydrogen-bond donors (Lipinski definition) is 0. The van der Waals surface area contributed by atoms with Crippen LogP contribution in [0.1, 0.15) is 25.5 Å². The van der Waals surface area contributed by atoms with Gasteiger partial charge in [-0.05, 0) is 18.1 Å². The molecule has 0 unspecified atom stereocenters. The maximum atomic E-state index is 4.68. The molecule has 0 saturated heterocycles. The molecule has 3 aromatic rings. The van der Waals surface area contributed by atoms with Crippen LogP contribution in [-0.2, 0) is 7.05 Å². The van der Waals surface area contributed by atoms with Crippen LogP contribution in [0.5, 0.6) is 0 Å². The van der Waals surface area contributed by atoms with E-state index in [-0.39, 0.29) is 0 Å². The minimum Gasteiger partial charge on any atom is -0.275 e. The molecule has 18 heavy (non-hydrogen) atoms. The Balaban J connectivity index is 2.34. The Bertz CT molecular complexity index is 691. The van der Waals surface area contributed by atoms with Crippen LogP contribution in [-0.4, -0.2) is 19.4 Å². The van der Waals surface area contributed by atoms with Crippen molar-refractivity contribution in [2.75, 3.05) is 0 Å². The molecule has 0 radical (unpaired) electrons. The van der Waals surface area contributed by atoms with Gasteiger partial charge in [-0.3, -0.25) is 4.68 Å². The fourth-order valence-electron chi connectivity index (χ4n) is 2.27. The molecular formula is C14H16N4. The molecule has 4 heteroatoms. The Labute approximate surface area is 106 Å². The first-order chi connectivity index (χ1) is 8.66. The first-order valence-electron chi connectivity index (χ1n) is 6.13. The molecule has 0 atom stereocenters. The third kappa shape index (κ3) is 1.61. The average molecular weight is 240 g/mol. The van der Waals surface area contributed by atoms with Crippen LogP contribution in [0, 0.1) is 0 Å². The summed E-state index contributed by atoms with van der Waals surface area (Å²) < 4.78 is 3.77.